The summed E-state index contributed by atoms with van der Waals surface area (Å²) in [4.78, 5) is 38.4. The van der Waals surface area contributed by atoms with Crippen LogP contribution in [0.2, 0.25) is 0 Å². The van der Waals surface area contributed by atoms with Crippen molar-refractivity contribution in [2.75, 3.05) is 7.11 Å². The molecule has 0 aliphatic rings. The minimum atomic E-state index is -0.568. The fourth-order valence-electron chi connectivity index (χ4n) is 5.87. The second-order valence-corrected chi connectivity index (χ2v) is 11.7. The number of esters is 3. The zero-order valence-corrected chi connectivity index (χ0v) is 27.3. The maximum absolute atomic E-state index is 13.6. The molecule has 7 aromatic carbocycles. The van der Waals surface area contributed by atoms with E-state index in [2.05, 4.69) is 6.58 Å². The van der Waals surface area contributed by atoms with Gasteiger partial charge in [0.05, 0.1) is 18.2 Å². The molecular formula is C43H30O7. The monoisotopic (exact) mass is 658 g/mol. The molecule has 0 aliphatic heterocycles. The van der Waals surface area contributed by atoms with Gasteiger partial charge in [0, 0.05) is 16.7 Å². The lowest BCUT2D eigenvalue weighted by molar-refractivity contribution is -0.130. The van der Waals surface area contributed by atoms with E-state index in [1.54, 1.807) is 80.8 Å². The molecule has 0 radical (unpaired) electrons. The number of benzene rings is 7. The van der Waals surface area contributed by atoms with Crippen LogP contribution in [-0.2, 0) is 4.79 Å². The van der Waals surface area contributed by atoms with Gasteiger partial charge in [-0.3, -0.25) is 0 Å². The predicted molar refractivity (Wildman–Crippen MR) is 194 cm³/mol. The summed E-state index contributed by atoms with van der Waals surface area (Å²) in [7, 11) is 1.63. The van der Waals surface area contributed by atoms with Crippen LogP contribution in [0.5, 0.6) is 23.0 Å². The Hall–Kier alpha value is -6.73. The molecule has 0 amide bonds. The molecule has 0 saturated heterocycles. The van der Waals surface area contributed by atoms with E-state index in [1.807, 2.05) is 66.7 Å². The quantitative estimate of drug-likeness (QED) is 0.0913. The molecule has 50 heavy (non-hydrogen) atoms. The molecule has 0 saturated carbocycles. The standard InChI is InChI=1S/C43H30O7/c1-26(2)41(44)49-34-21-16-30-24-32(13-12-31(30)25-34)43(46)48-33-19-14-29(15-20-33)42(45)50-38-23-18-28-9-5-7-11-36(28)40(38)39-35-10-6-4-8-27(35)17-22-37(39)47-3/h4-25H,1H2,2-3H3. The van der Waals surface area contributed by atoms with Gasteiger partial charge in [-0.2, -0.15) is 0 Å². The molecular weight excluding hydrogens is 628 g/mol. The lowest BCUT2D eigenvalue weighted by Gasteiger charge is -2.18. The van der Waals surface area contributed by atoms with Crippen molar-refractivity contribution in [1.82, 2.24) is 0 Å². The molecule has 244 valence electrons. The lowest BCUT2D eigenvalue weighted by atomic mass is 9.92. The molecule has 0 unspecified atom stereocenters. The molecule has 0 atom stereocenters. The maximum atomic E-state index is 13.6. The van der Waals surface area contributed by atoms with E-state index in [1.165, 1.54) is 0 Å². The van der Waals surface area contributed by atoms with E-state index in [0.717, 1.165) is 43.4 Å². The molecule has 0 bridgehead atoms. The van der Waals surface area contributed by atoms with Crippen LogP contribution in [0.25, 0.3) is 43.4 Å². The minimum Gasteiger partial charge on any atom is -0.496 e. The summed E-state index contributed by atoms with van der Waals surface area (Å²) in [6.07, 6.45) is 0. The summed E-state index contributed by atoms with van der Waals surface area (Å²) >= 11 is 0. The van der Waals surface area contributed by atoms with Crippen molar-refractivity contribution in [3.8, 4) is 34.1 Å². The Balaban J connectivity index is 1.12. The molecule has 0 N–H and O–H groups in total. The lowest BCUT2D eigenvalue weighted by Crippen LogP contribution is -2.11. The first-order valence-corrected chi connectivity index (χ1v) is 15.8. The molecule has 7 aromatic rings. The van der Waals surface area contributed by atoms with Crippen molar-refractivity contribution in [1.29, 1.82) is 0 Å². The van der Waals surface area contributed by atoms with Crippen molar-refractivity contribution in [3.63, 3.8) is 0 Å². The third kappa shape index (κ3) is 6.28. The number of hydrogen-bond donors (Lipinski definition) is 0. The normalized spacial score (nSPS) is 10.9. The highest BCUT2D eigenvalue weighted by Crippen LogP contribution is 2.45. The Morgan fingerprint density at radius 3 is 1.68 bits per heavy atom. The Bertz CT molecular complexity index is 2480. The van der Waals surface area contributed by atoms with Gasteiger partial charge in [0.1, 0.15) is 23.0 Å². The first-order valence-electron chi connectivity index (χ1n) is 15.8. The molecule has 7 nitrogen and oxygen atoms in total. The van der Waals surface area contributed by atoms with Gasteiger partial charge in [-0.05, 0) is 99.9 Å². The van der Waals surface area contributed by atoms with Crippen molar-refractivity contribution in [2.24, 2.45) is 0 Å². The van der Waals surface area contributed by atoms with Gasteiger partial charge < -0.3 is 18.9 Å². The summed E-state index contributed by atoms with van der Waals surface area (Å²) in [6, 6.07) is 40.0. The van der Waals surface area contributed by atoms with E-state index < -0.39 is 17.9 Å². The molecule has 7 rings (SSSR count). The predicted octanol–water partition coefficient (Wildman–Crippen LogP) is 9.74. The SMILES string of the molecule is C=C(C)C(=O)Oc1ccc2cc(C(=O)Oc3ccc(C(=O)Oc4ccc5ccccc5c4-c4c(OC)ccc5ccccc45)cc3)ccc2c1. The number of hydrogen-bond acceptors (Lipinski definition) is 7. The van der Waals surface area contributed by atoms with Gasteiger partial charge in [0.2, 0.25) is 0 Å². The molecule has 0 heterocycles. The fraction of sp³-hybridized carbons (Fsp3) is 0.0465. The van der Waals surface area contributed by atoms with Gasteiger partial charge >= 0.3 is 17.9 Å². The average molecular weight is 659 g/mol. The van der Waals surface area contributed by atoms with Crippen molar-refractivity contribution in [2.45, 2.75) is 6.92 Å². The molecule has 0 aromatic heterocycles. The van der Waals surface area contributed by atoms with Crippen LogP contribution in [0.1, 0.15) is 27.6 Å². The van der Waals surface area contributed by atoms with Crippen LogP contribution in [0, 0.1) is 0 Å². The third-order valence-electron chi connectivity index (χ3n) is 8.36. The van der Waals surface area contributed by atoms with E-state index in [0.29, 0.717) is 28.4 Å². The third-order valence-corrected chi connectivity index (χ3v) is 8.36. The molecule has 0 spiro atoms. The Labute approximate surface area is 287 Å². The Kier molecular flexibility index (Phi) is 8.54. The van der Waals surface area contributed by atoms with Gasteiger partial charge in [0.25, 0.3) is 0 Å². The summed E-state index contributed by atoms with van der Waals surface area (Å²) < 4.78 is 22.8. The van der Waals surface area contributed by atoms with E-state index in [9.17, 15) is 14.4 Å². The molecule has 0 aliphatic carbocycles. The number of carbonyl (C=O) groups excluding carboxylic acids is 3. The second kappa shape index (κ2) is 13.4. The Morgan fingerprint density at radius 2 is 1.02 bits per heavy atom. The number of fused-ring (bicyclic) bond motifs is 3. The van der Waals surface area contributed by atoms with Gasteiger partial charge in [-0.15, -0.1) is 0 Å². The summed E-state index contributed by atoms with van der Waals surface area (Å²) in [5, 5.41) is 5.44. The average Bonchev–Trinajstić information content (AvgIpc) is 3.14. The topological polar surface area (TPSA) is 88.1 Å². The first kappa shape index (κ1) is 31.8. The van der Waals surface area contributed by atoms with Crippen LogP contribution in [0.15, 0.2) is 146 Å². The summed E-state index contributed by atoms with van der Waals surface area (Å²) in [5.41, 5.74) is 2.48. The van der Waals surface area contributed by atoms with Gasteiger partial charge in [-0.1, -0.05) is 79.4 Å². The number of ether oxygens (including phenoxy) is 4. The first-order chi connectivity index (χ1) is 24.3. The highest BCUT2D eigenvalue weighted by Gasteiger charge is 2.21. The van der Waals surface area contributed by atoms with E-state index >= 15 is 0 Å². The zero-order valence-electron chi connectivity index (χ0n) is 27.3. The van der Waals surface area contributed by atoms with Crippen LogP contribution >= 0.6 is 0 Å². The largest absolute Gasteiger partial charge is 0.496 e. The number of carbonyl (C=O) groups is 3. The highest BCUT2D eigenvalue weighted by molar-refractivity contribution is 6.10. The van der Waals surface area contributed by atoms with E-state index in [-0.39, 0.29) is 11.3 Å². The van der Waals surface area contributed by atoms with Gasteiger partial charge in [-0.25, -0.2) is 14.4 Å². The molecule has 7 heteroatoms. The van der Waals surface area contributed by atoms with Crippen LogP contribution in [0.3, 0.4) is 0 Å². The van der Waals surface area contributed by atoms with Crippen molar-refractivity contribution in [3.05, 3.63) is 157 Å². The van der Waals surface area contributed by atoms with Crippen LogP contribution in [-0.4, -0.2) is 25.0 Å². The van der Waals surface area contributed by atoms with Crippen molar-refractivity contribution >= 4 is 50.2 Å². The number of rotatable bonds is 8. The fourth-order valence-corrected chi connectivity index (χ4v) is 5.87. The van der Waals surface area contributed by atoms with Crippen LogP contribution < -0.4 is 18.9 Å². The second-order valence-electron chi connectivity index (χ2n) is 11.7. The van der Waals surface area contributed by atoms with Gasteiger partial charge in [0.15, 0.2) is 0 Å². The zero-order chi connectivity index (χ0) is 34.8. The summed E-state index contributed by atoms with van der Waals surface area (Å²) in [6.45, 7) is 5.17. The smallest absolute Gasteiger partial charge is 0.343 e. The van der Waals surface area contributed by atoms with Crippen molar-refractivity contribution < 1.29 is 33.3 Å². The van der Waals surface area contributed by atoms with Crippen LogP contribution in [0.4, 0.5) is 0 Å². The highest BCUT2D eigenvalue weighted by atomic mass is 16.5. The molecule has 0 fully saturated rings. The Morgan fingerprint density at radius 1 is 0.500 bits per heavy atom. The minimum absolute atomic E-state index is 0.264. The summed E-state index contributed by atoms with van der Waals surface area (Å²) in [5.74, 6) is 0.0420. The number of methoxy groups -OCH3 is 1. The van der Waals surface area contributed by atoms with E-state index in [4.69, 9.17) is 18.9 Å². The maximum Gasteiger partial charge on any atom is 0.343 e.